The van der Waals surface area contributed by atoms with Crippen LogP contribution in [0.3, 0.4) is 0 Å². The summed E-state index contributed by atoms with van der Waals surface area (Å²) in [5, 5.41) is 0.922. The normalized spacial score (nSPS) is 10.7. The number of H-pyrrole nitrogens is 1. The van der Waals surface area contributed by atoms with Gasteiger partial charge >= 0.3 is 0 Å². The zero-order valence-corrected chi connectivity index (χ0v) is 18.2. The summed E-state index contributed by atoms with van der Waals surface area (Å²) in [5.74, 6) is 1.13. The van der Waals surface area contributed by atoms with E-state index >= 15 is 0 Å². The number of hydrogen-bond acceptors (Lipinski definition) is 4. The monoisotopic (exact) mass is 428 g/mol. The summed E-state index contributed by atoms with van der Waals surface area (Å²) in [6.07, 6.45) is 0. The van der Waals surface area contributed by atoms with Gasteiger partial charge in [-0.25, -0.2) is 0 Å². The molecule has 162 valence electrons. The van der Waals surface area contributed by atoms with Crippen molar-refractivity contribution in [3.63, 3.8) is 0 Å². The summed E-state index contributed by atoms with van der Waals surface area (Å²) >= 11 is 0. The number of carbonyl (C=O) groups is 1. The molecule has 4 aromatic rings. The van der Waals surface area contributed by atoms with Crippen LogP contribution in [0.5, 0.6) is 11.5 Å². The van der Waals surface area contributed by atoms with Crippen LogP contribution >= 0.6 is 0 Å². The lowest BCUT2D eigenvalue weighted by Crippen LogP contribution is -2.32. The first-order valence-electron chi connectivity index (χ1n) is 10.2. The number of benzene rings is 3. The van der Waals surface area contributed by atoms with Crippen LogP contribution in [0.1, 0.15) is 21.5 Å². The van der Waals surface area contributed by atoms with E-state index in [-0.39, 0.29) is 18.0 Å². The highest BCUT2D eigenvalue weighted by Gasteiger charge is 2.20. The minimum absolute atomic E-state index is 0.121. The van der Waals surface area contributed by atoms with E-state index in [4.69, 9.17) is 9.47 Å². The number of nitrogens with zero attached hydrogens (tertiary/aromatic N) is 1. The van der Waals surface area contributed by atoms with Crippen molar-refractivity contribution in [3.8, 4) is 11.5 Å². The second-order valence-electron chi connectivity index (χ2n) is 7.53. The van der Waals surface area contributed by atoms with Crippen molar-refractivity contribution < 1.29 is 14.3 Å². The van der Waals surface area contributed by atoms with Crippen molar-refractivity contribution in [2.75, 3.05) is 19.1 Å². The van der Waals surface area contributed by atoms with Crippen molar-refractivity contribution in [2.45, 2.75) is 13.5 Å². The fourth-order valence-electron chi connectivity index (χ4n) is 3.59. The van der Waals surface area contributed by atoms with E-state index in [1.165, 1.54) is 0 Å². The fourth-order valence-corrected chi connectivity index (χ4v) is 3.59. The Bertz CT molecular complexity index is 1310. The van der Waals surface area contributed by atoms with E-state index in [1.54, 1.807) is 67.7 Å². The summed E-state index contributed by atoms with van der Waals surface area (Å²) in [6.45, 7) is 2.12. The predicted molar refractivity (Wildman–Crippen MR) is 126 cm³/mol. The highest BCUT2D eigenvalue weighted by molar-refractivity contribution is 6.06. The Morgan fingerprint density at radius 2 is 1.50 bits per heavy atom. The largest absolute Gasteiger partial charge is 0.497 e. The van der Waals surface area contributed by atoms with Gasteiger partial charge in [0.1, 0.15) is 11.5 Å². The van der Waals surface area contributed by atoms with E-state index in [0.717, 1.165) is 16.5 Å². The summed E-state index contributed by atoms with van der Waals surface area (Å²) in [6, 6.07) is 21.8. The molecule has 0 aliphatic rings. The van der Waals surface area contributed by atoms with Crippen molar-refractivity contribution >= 4 is 22.5 Å². The van der Waals surface area contributed by atoms with Crippen LogP contribution in [0.2, 0.25) is 0 Å². The molecule has 1 N–H and O–H groups in total. The van der Waals surface area contributed by atoms with Crippen molar-refractivity contribution in [1.29, 1.82) is 0 Å². The standard InChI is InChI=1S/C26H24N2O4/c1-17-4-13-24-19(14-17)15-20(25(29)27-24)16-28(21-7-11-23(32-3)12-8-21)26(30)18-5-9-22(31-2)10-6-18/h4-15H,16H2,1-3H3,(H,27,29). The van der Waals surface area contributed by atoms with Gasteiger partial charge in [-0.15, -0.1) is 0 Å². The first-order chi connectivity index (χ1) is 15.5. The SMILES string of the molecule is COc1ccc(C(=O)N(Cc2cc3cc(C)ccc3[nH]c2=O)c2ccc(OC)cc2)cc1. The minimum atomic E-state index is -0.221. The van der Waals surface area contributed by atoms with E-state index in [1.807, 2.05) is 31.2 Å². The molecule has 0 spiro atoms. The van der Waals surface area contributed by atoms with Crippen LogP contribution in [0.15, 0.2) is 77.6 Å². The molecular formula is C26H24N2O4. The average molecular weight is 428 g/mol. The molecule has 1 amide bonds. The third-order valence-electron chi connectivity index (χ3n) is 5.37. The van der Waals surface area contributed by atoms with E-state index < -0.39 is 0 Å². The Morgan fingerprint density at radius 1 is 0.875 bits per heavy atom. The number of fused-ring (bicyclic) bond motifs is 1. The number of methoxy groups -OCH3 is 2. The van der Waals surface area contributed by atoms with Crippen molar-refractivity contribution in [2.24, 2.45) is 0 Å². The van der Waals surface area contributed by atoms with Gasteiger partial charge in [0, 0.05) is 22.3 Å². The van der Waals surface area contributed by atoms with Crippen LogP contribution < -0.4 is 19.9 Å². The Hall–Kier alpha value is -4.06. The maximum atomic E-state index is 13.5. The molecule has 0 fully saturated rings. The molecule has 0 radical (unpaired) electrons. The molecule has 0 aliphatic heterocycles. The summed E-state index contributed by atoms with van der Waals surface area (Å²) in [7, 11) is 3.17. The summed E-state index contributed by atoms with van der Waals surface area (Å²) in [4.78, 5) is 30.8. The van der Waals surface area contributed by atoms with E-state index in [0.29, 0.717) is 28.3 Å². The lowest BCUT2D eigenvalue weighted by molar-refractivity contribution is 0.0985. The van der Waals surface area contributed by atoms with Gasteiger partial charge in [0.15, 0.2) is 0 Å². The van der Waals surface area contributed by atoms with Crippen LogP contribution in [0, 0.1) is 6.92 Å². The number of hydrogen-bond donors (Lipinski definition) is 1. The number of aryl methyl sites for hydroxylation is 1. The molecule has 1 heterocycles. The zero-order valence-electron chi connectivity index (χ0n) is 18.2. The number of ether oxygens (including phenoxy) is 2. The maximum Gasteiger partial charge on any atom is 0.258 e. The van der Waals surface area contributed by atoms with Gasteiger partial charge in [-0.2, -0.15) is 0 Å². The summed E-state index contributed by atoms with van der Waals surface area (Å²) in [5.41, 5.74) is 3.30. The number of aromatic nitrogens is 1. The minimum Gasteiger partial charge on any atom is -0.497 e. The number of nitrogens with one attached hydrogen (secondary N) is 1. The topological polar surface area (TPSA) is 71.6 Å². The van der Waals surface area contributed by atoms with Gasteiger partial charge < -0.3 is 19.4 Å². The number of aromatic amines is 1. The molecule has 0 saturated carbocycles. The molecule has 0 saturated heterocycles. The van der Waals surface area contributed by atoms with Gasteiger partial charge in [-0.05, 0) is 79.0 Å². The molecule has 3 aromatic carbocycles. The van der Waals surface area contributed by atoms with Crippen LogP contribution in [0.25, 0.3) is 10.9 Å². The third-order valence-corrected chi connectivity index (χ3v) is 5.37. The van der Waals surface area contributed by atoms with E-state index in [9.17, 15) is 9.59 Å². The van der Waals surface area contributed by atoms with Gasteiger partial charge in [0.25, 0.3) is 11.5 Å². The highest BCUT2D eigenvalue weighted by Crippen LogP contribution is 2.24. The first-order valence-corrected chi connectivity index (χ1v) is 10.2. The third kappa shape index (κ3) is 4.34. The van der Waals surface area contributed by atoms with Gasteiger partial charge in [-0.1, -0.05) is 11.6 Å². The van der Waals surface area contributed by atoms with Gasteiger partial charge in [0.05, 0.1) is 20.8 Å². The second kappa shape index (κ2) is 8.98. The Labute approximate surface area is 186 Å². The number of amides is 1. The van der Waals surface area contributed by atoms with Gasteiger partial charge in [0.2, 0.25) is 0 Å². The van der Waals surface area contributed by atoms with Crippen LogP contribution in [-0.2, 0) is 6.54 Å². The molecule has 6 nitrogen and oxygen atoms in total. The molecule has 1 aromatic heterocycles. The Balaban J connectivity index is 1.76. The number of pyridine rings is 1. The maximum absolute atomic E-state index is 13.5. The summed E-state index contributed by atoms with van der Waals surface area (Å²) < 4.78 is 10.4. The smallest absolute Gasteiger partial charge is 0.258 e. The van der Waals surface area contributed by atoms with Crippen LogP contribution in [0.4, 0.5) is 5.69 Å². The number of carbonyl (C=O) groups excluding carboxylic acids is 1. The number of anilines is 1. The molecule has 6 heteroatoms. The lowest BCUT2D eigenvalue weighted by atomic mass is 10.1. The molecule has 0 atom stereocenters. The molecule has 0 aliphatic carbocycles. The Kier molecular flexibility index (Phi) is 5.94. The van der Waals surface area contributed by atoms with Gasteiger partial charge in [-0.3, -0.25) is 9.59 Å². The first kappa shape index (κ1) is 21.2. The zero-order chi connectivity index (χ0) is 22.7. The quantitative estimate of drug-likeness (QED) is 0.483. The fraction of sp³-hybridized carbons (Fsp3) is 0.154. The molecule has 4 rings (SSSR count). The second-order valence-corrected chi connectivity index (χ2v) is 7.53. The molecule has 0 unspecified atom stereocenters. The Morgan fingerprint density at radius 3 is 2.12 bits per heavy atom. The van der Waals surface area contributed by atoms with E-state index in [2.05, 4.69) is 4.98 Å². The van der Waals surface area contributed by atoms with Crippen molar-refractivity contribution in [1.82, 2.24) is 4.98 Å². The molecular weight excluding hydrogens is 404 g/mol. The van der Waals surface area contributed by atoms with Crippen molar-refractivity contribution in [3.05, 3.63) is 99.8 Å². The predicted octanol–water partition coefficient (Wildman–Crippen LogP) is 4.70. The average Bonchev–Trinajstić information content (AvgIpc) is 2.82. The lowest BCUT2D eigenvalue weighted by Gasteiger charge is -2.23. The highest BCUT2D eigenvalue weighted by atomic mass is 16.5. The van der Waals surface area contributed by atoms with Crippen LogP contribution in [-0.4, -0.2) is 25.1 Å². The number of rotatable bonds is 6. The molecule has 0 bridgehead atoms. The molecule has 32 heavy (non-hydrogen) atoms.